The summed E-state index contributed by atoms with van der Waals surface area (Å²) in [5.41, 5.74) is 7.56. The van der Waals surface area contributed by atoms with Crippen molar-refractivity contribution in [3.8, 4) is 0 Å². The van der Waals surface area contributed by atoms with Gasteiger partial charge in [-0.2, -0.15) is 5.10 Å². The number of aryl methyl sites for hydroxylation is 2. The third kappa shape index (κ3) is 2.66. The van der Waals surface area contributed by atoms with Crippen LogP contribution in [-0.2, 0) is 7.05 Å². The van der Waals surface area contributed by atoms with Crippen molar-refractivity contribution in [3.05, 3.63) is 5.69 Å². The lowest BCUT2D eigenvalue weighted by Gasteiger charge is -2.24. The van der Waals surface area contributed by atoms with Crippen molar-refractivity contribution in [1.29, 1.82) is 0 Å². The minimum atomic E-state index is 0.132. The first-order valence-corrected chi connectivity index (χ1v) is 5.76. The molecule has 0 aliphatic carbocycles. The van der Waals surface area contributed by atoms with Gasteiger partial charge < -0.3 is 15.7 Å². The molecule has 1 aromatic heterocycles. The van der Waals surface area contributed by atoms with Crippen LogP contribution in [0, 0.1) is 6.92 Å². The highest BCUT2D eigenvalue weighted by molar-refractivity contribution is 5.66. The Kier molecular flexibility index (Phi) is 4.61. The molecule has 1 heterocycles. The predicted octanol–water partition coefficient (Wildman–Crippen LogP) is 0.910. The number of nitrogens with two attached hydrogens (primary N) is 1. The van der Waals surface area contributed by atoms with Gasteiger partial charge in [0.25, 0.3) is 0 Å². The van der Waals surface area contributed by atoms with Crippen LogP contribution in [0.15, 0.2) is 0 Å². The van der Waals surface area contributed by atoms with Crippen LogP contribution < -0.4 is 10.6 Å². The maximum atomic E-state index is 9.07. The average molecular weight is 226 g/mol. The van der Waals surface area contributed by atoms with Gasteiger partial charge in [-0.25, -0.2) is 0 Å². The molecule has 0 fully saturated rings. The molecule has 0 aromatic carbocycles. The van der Waals surface area contributed by atoms with Crippen LogP contribution in [0.25, 0.3) is 0 Å². The Morgan fingerprint density at radius 3 is 2.56 bits per heavy atom. The van der Waals surface area contributed by atoms with Crippen molar-refractivity contribution in [3.63, 3.8) is 0 Å². The van der Waals surface area contributed by atoms with E-state index in [1.807, 2.05) is 14.0 Å². The Labute approximate surface area is 96.9 Å². The summed E-state index contributed by atoms with van der Waals surface area (Å²) in [6, 6.07) is 0. The van der Waals surface area contributed by atoms with Crippen LogP contribution >= 0.6 is 0 Å². The number of rotatable bonds is 6. The highest BCUT2D eigenvalue weighted by atomic mass is 16.3. The van der Waals surface area contributed by atoms with Crippen LogP contribution in [-0.4, -0.2) is 34.6 Å². The van der Waals surface area contributed by atoms with Gasteiger partial charge in [-0.1, -0.05) is 13.3 Å². The van der Waals surface area contributed by atoms with Crippen molar-refractivity contribution in [2.45, 2.75) is 26.7 Å². The number of nitrogen functional groups attached to an aromatic ring is 1. The number of unbranched alkanes of at least 4 members (excludes halogenated alkanes) is 1. The van der Waals surface area contributed by atoms with E-state index in [1.165, 1.54) is 0 Å². The zero-order valence-electron chi connectivity index (χ0n) is 10.4. The molecule has 0 bridgehead atoms. The Balaban J connectivity index is 2.90. The van der Waals surface area contributed by atoms with Gasteiger partial charge in [0, 0.05) is 20.1 Å². The molecule has 0 aliphatic rings. The summed E-state index contributed by atoms with van der Waals surface area (Å²) in [4.78, 5) is 2.10. The van der Waals surface area contributed by atoms with Gasteiger partial charge in [0.05, 0.1) is 18.0 Å². The van der Waals surface area contributed by atoms with Crippen LogP contribution in [0.1, 0.15) is 25.5 Å². The van der Waals surface area contributed by atoms with Gasteiger partial charge >= 0.3 is 0 Å². The number of hydrogen-bond donors (Lipinski definition) is 2. The van der Waals surface area contributed by atoms with E-state index in [9.17, 15) is 0 Å². The fourth-order valence-electron chi connectivity index (χ4n) is 1.83. The second-order valence-corrected chi connectivity index (χ2v) is 4.01. The Morgan fingerprint density at radius 2 is 2.12 bits per heavy atom. The lowest BCUT2D eigenvalue weighted by Crippen LogP contribution is -2.30. The highest BCUT2D eigenvalue weighted by Crippen LogP contribution is 2.25. The summed E-state index contributed by atoms with van der Waals surface area (Å²) >= 11 is 0. The molecule has 5 heteroatoms. The molecule has 0 aliphatic heterocycles. The quantitative estimate of drug-likeness (QED) is 0.756. The second-order valence-electron chi connectivity index (χ2n) is 4.01. The molecule has 0 saturated heterocycles. The molecular formula is C11H22N4O. The molecule has 0 spiro atoms. The molecular weight excluding hydrogens is 204 g/mol. The third-order valence-electron chi connectivity index (χ3n) is 2.69. The van der Waals surface area contributed by atoms with Gasteiger partial charge in [-0.15, -0.1) is 0 Å². The Hall–Kier alpha value is -1.23. The molecule has 1 rings (SSSR count). The van der Waals surface area contributed by atoms with E-state index in [0.29, 0.717) is 12.2 Å². The van der Waals surface area contributed by atoms with Crippen molar-refractivity contribution in [2.24, 2.45) is 7.05 Å². The smallest absolute Gasteiger partial charge is 0.150 e. The Bertz CT molecular complexity index is 335. The van der Waals surface area contributed by atoms with E-state index >= 15 is 0 Å². The third-order valence-corrected chi connectivity index (χ3v) is 2.69. The number of anilines is 2. The van der Waals surface area contributed by atoms with Gasteiger partial charge in [0.15, 0.2) is 0 Å². The maximum Gasteiger partial charge on any atom is 0.150 e. The lowest BCUT2D eigenvalue weighted by molar-refractivity contribution is 0.301. The van der Waals surface area contributed by atoms with Gasteiger partial charge in [0.2, 0.25) is 0 Å². The number of aromatic nitrogens is 2. The van der Waals surface area contributed by atoms with Crippen molar-refractivity contribution >= 4 is 11.5 Å². The van der Waals surface area contributed by atoms with Crippen molar-refractivity contribution in [2.75, 3.05) is 30.3 Å². The molecule has 0 saturated carbocycles. The summed E-state index contributed by atoms with van der Waals surface area (Å²) in [5.74, 6) is 0.917. The van der Waals surface area contributed by atoms with E-state index in [4.69, 9.17) is 10.8 Å². The zero-order chi connectivity index (χ0) is 12.1. The fraction of sp³-hybridized carbons (Fsp3) is 0.727. The van der Waals surface area contributed by atoms with Gasteiger partial charge in [-0.05, 0) is 13.3 Å². The maximum absolute atomic E-state index is 9.07. The fourth-order valence-corrected chi connectivity index (χ4v) is 1.83. The monoisotopic (exact) mass is 226 g/mol. The lowest BCUT2D eigenvalue weighted by atomic mass is 10.3. The summed E-state index contributed by atoms with van der Waals surface area (Å²) in [7, 11) is 1.88. The molecule has 16 heavy (non-hydrogen) atoms. The van der Waals surface area contributed by atoms with Crippen molar-refractivity contribution in [1.82, 2.24) is 9.78 Å². The number of aliphatic hydroxyl groups is 1. The van der Waals surface area contributed by atoms with E-state index in [1.54, 1.807) is 4.68 Å². The van der Waals surface area contributed by atoms with Crippen molar-refractivity contribution < 1.29 is 5.11 Å². The van der Waals surface area contributed by atoms with E-state index < -0.39 is 0 Å². The largest absolute Gasteiger partial charge is 0.395 e. The van der Waals surface area contributed by atoms with Crippen LogP contribution in [0.2, 0.25) is 0 Å². The molecule has 1 aromatic rings. The van der Waals surface area contributed by atoms with Gasteiger partial charge in [0.1, 0.15) is 5.82 Å². The minimum Gasteiger partial charge on any atom is -0.395 e. The highest BCUT2D eigenvalue weighted by Gasteiger charge is 2.16. The topological polar surface area (TPSA) is 67.3 Å². The summed E-state index contributed by atoms with van der Waals surface area (Å²) in [6.45, 7) is 5.68. The molecule has 0 amide bonds. The summed E-state index contributed by atoms with van der Waals surface area (Å²) in [6.07, 6.45) is 2.21. The predicted molar refractivity (Wildman–Crippen MR) is 66.6 cm³/mol. The Morgan fingerprint density at radius 1 is 1.44 bits per heavy atom. The standard InChI is InChI=1S/C11H22N4O/c1-4-5-6-15(7-8-16)11-10(12)9(2)13-14(11)3/h16H,4-8,12H2,1-3H3. The van der Waals surface area contributed by atoms with Crippen LogP contribution in [0.4, 0.5) is 11.5 Å². The molecule has 0 atom stereocenters. The number of nitrogens with zero attached hydrogens (tertiary/aromatic N) is 3. The zero-order valence-corrected chi connectivity index (χ0v) is 10.4. The van der Waals surface area contributed by atoms with Crippen LogP contribution in [0.5, 0.6) is 0 Å². The normalized spacial score (nSPS) is 10.8. The van der Waals surface area contributed by atoms with E-state index in [-0.39, 0.29) is 6.61 Å². The molecule has 3 N–H and O–H groups in total. The summed E-state index contributed by atoms with van der Waals surface area (Å²) < 4.78 is 1.79. The molecule has 92 valence electrons. The first-order valence-electron chi connectivity index (χ1n) is 5.76. The SMILES string of the molecule is CCCCN(CCO)c1c(N)c(C)nn1C. The van der Waals surface area contributed by atoms with Crippen LogP contribution in [0.3, 0.4) is 0 Å². The molecule has 5 nitrogen and oxygen atoms in total. The van der Waals surface area contributed by atoms with E-state index in [0.717, 1.165) is 30.9 Å². The number of hydrogen-bond acceptors (Lipinski definition) is 4. The first kappa shape index (κ1) is 12.8. The minimum absolute atomic E-state index is 0.132. The summed E-state index contributed by atoms with van der Waals surface area (Å²) in [5, 5.41) is 13.4. The van der Waals surface area contributed by atoms with E-state index in [2.05, 4.69) is 16.9 Å². The second kappa shape index (κ2) is 5.75. The van der Waals surface area contributed by atoms with Gasteiger partial charge in [-0.3, -0.25) is 4.68 Å². The number of aliphatic hydroxyl groups excluding tert-OH is 1. The molecule has 0 radical (unpaired) electrons. The molecule has 0 unspecified atom stereocenters. The first-order chi connectivity index (χ1) is 7.61. The average Bonchev–Trinajstić information content (AvgIpc) is 2.49.